The van der Waals surface area contributed by atoms with Crippen molar-refractivity contribution in [3.05, 3.63) is 12.0 Å². The van der Waals surface area contributed by atoms with Crippen LogP contribution in [-0.2, 0) is 19.0 Å². The Labute approximate surface area is 88.4 Å². The number of ether oxygens (including phenoxy) is 3. The lowest BCUT2D eigenvalue weighted by molar-refractivity contribution is -0.122. The van der Waals surface area contributed by atoms with E-state index in [9.17, 15) is 4.79 Å². The Kier molecular flexibility index (Phi) is 3.45. The summed E-state index contributed by atoms with van der Waals surface area (Å²) in [4.78, 5) is 11.5. The summed E-state index contributed by atoms with van der Waals surface area (Å²) in [6.45, 7) is 2.27. The van der Waals surface area contributed by atoms with Crippen LogP contribution in [-0.4, -0.2) is 38.4 Å². The monoisotopic (exact) mass is 213 g/mol. The molecule has 0 radical (unpaired) electrons. The van der Waals surface area contributed by atoms with E-state index >= 15 is 0 Å². The van der Waals surface area contributed by atoms with Crippen molar-refractivity contribution in [3.63, 3.8) is 0 Å². The number of hydrogen-bond acceptors (Lipinski definition) is 4. The Bertz CT molecular complexity index is 258. The zero-order valence-electron chi connectivity index (χ0n) is 8.53. The maximum absolute atomic E-state index is 11.5. The molecular weight excluding hydrogens is 198 g/mol. The molecule has 1 N–H and O–H groups in total. The third-order valence-electron chi connectivity index (χ3n) is 2.39. The largest absolute Gasteiger partial charge is 0.494 e. The molecule has 0 saturated carbocycles. The van der Waals surface area contributed by atoms with Crippen LogP contribution in [0.1, 0.15) is 12.8 Å². The van der Waals surface area contributed by atoms with Gasteiger partial charge in [-0.15, -0.1) is 0 Å². The summed E-state index contributed by atoms with van der Waals surface area (Å²) < 4.78 is 15.5. The quantitative estimate of drug-likeness (QED) is 0.726. The molecule has 0 aromatic rings. The first-order chi connectivity index (χ1) is 7.36. The van der Waals surface area contributed by atoms with E-state index in [1.165, 1.54) is 6.26 Å². The van der Waals surface area contributed by atoms with Crippen molar-refractivity contribution in [2.75, 3.05) is 26.4 Å². The molecule has 15 heavy (non-hydrogen) atoms. The van der Waals surface area contributed by atoms with Gasteiger partial charge in [0.25, 0.3) is 5.91 Å². The van der Waals surface area contributed by atoms with Gasteiger partial charge >= 0.3 is 0 Å². The Morgan fingerprint density at radius 3 is 3.07 bits per heavy atom. The van der Waals surface area contributed by atoms with Gasteiger partial charge in [-0.2, -0.15) is 0 Å². The van der Waals surface area contributed by atoms with Crippen molar-refractivity contribution in [1.29, 1.82) is 0 Å². The van der Waals surface area contributed by atoms with E-state index < -0.39 is 0 Å². The standard InChI is InChI=1S/C10H15NO4/c12-10(9-7-13-4-5-15-9)11-6-8-2-1-3-14-8/h7-8H,1-6H2,(H,11,12)/t8-/m0/s1. The lowest BCUT2D eigenvalue weighted by atomic mass is 10.2. The lowest BCUT2D eigenvalue weighted by Crippen LogP contribution is -2.34. The van der Waals surface area contributed by atoms with Gasteiger partial charge in [-0.05, 0) is 12.8 Å². The number of nitrogens with one attached hydrogen (secondary N) is 1. The molecule has 84 valence electrons. The smallest absolute Gasteiger partial charge is 0.289 e. The normalized spacial score (nSPS) is 25.1. The molecular formula is C10H15NO4. The van der Waals surface area contributed by atoms with E-state index in [0.29, 0.717) is 19.8 Å². The Balaban J connectivity index is 1.73. The molecule has 0 unspecified atom stereocenters. The lowest BCUT2D eigenvalue weighted by Gasteiger charge is -2.16. The predicted molar refractivity (Wildman–Crippen MR) is 52.0 cm³/mol. The Morgan fingerprint density at radius 2 is 2.40 bits per heavy atom. The summed E-state index contributed by atoms with van der Waals surface area (Å²) in [7, 11) is 0. The molecule has 0 spiro atoms. The molecule has 2 aliphatic rings. The summed E-state index contributed by atoms with van der Waals surface area (Å²) in [5.74, 6) is 0.0180. The summed E-state index contributed by atoms with van der Waals surface area (Å²) >= 11 is 0. The molecule has 1 atom stereocenters. The number of rotatable bonds is 3. The molecule has 0 aliphatic carbocycles. The van der Waals surface area contributed by atoms with Crippen LogP contribution in [0, 0.1) is 0 Å². The summed E-state index contributed by atoms with van der Waals surface area (Å²) in [6.07, 6.45) is 3.59. The molecule has 1 saturated heterocycles. The van der Waals surface area contributed by atoms with Gasteiger partial charge in [0.1, 0.15) is 19.5 Å². The van der Waals surface area contributed by atoms with Gasteiger partial charge in [-0.3, -0.25) is 4.79 Å². The summed E-state index contributed by atoms with van der Waals surface area (Å²) in [5, 5.41) is 2.76. The van der Waals surface area contributed by atoms with Crippen molar-refractivity contribution >= 4 is 5.91 Å². The molecule has 1 fully saturated rings. The average Bonchev–Trinajstić information content (AvgIpc) is 2.80. The topological polar surface area (TPSA) is 56.8 Å². The highest BCUT2D eigenvalue weighted by molar-refractivity contribution is 5.91. The van der Waals surface area contributed by atoms with Crippen LogP contribution in [0.5, 0.6) is 0 Å². The second kappa shape index (κ2) is 5.02. The van der Waals surface area contributed by atoms with Crippen molar-refractivity contribution in [3.8, 4) is 0 Å². The van der Waals surface area contributed by atoms with E-state index in [-0.39, 0.29) is 17.8 Å². The predicted octanol–water partition coefficient (Wildman–Crippen LogP) is 0.170. The van der Waals surface area contributed by atoms with Crippen LogP contribution >= 0.6 is 0 Å². The van der Waals surface area contributed by atoms with Crippen LogP contribution in [0.15, 0.2) is 12.0 Å². The highest BCUT2D eigenvalue weighted by Gasteiger charge is 2.19. The average molecular weight is 213 g/mol. The zero-order chi connectivity index (χ0) is 10.5. The van der Waals surface area contributed by atoms with Gasteiger partial charge in [0, 0.05) is 13.2 Å². The highest BCUT2D eigenvalue weighted by Crippen LogP contribution is 2.11. The zero-order valence-corrected chi connectivity index (χ0v) is 8.53. The van der Waals surface area contributed by atoms with Crippen LogP contribution in [0.4, 0.5) is 0 Å². The summed E-state index contributed by atoms with van der Waals surface area (Å²) in [6, 6.07) is 0. The van der Waals surface area contributed by atoms with Crippen LogP contribution < -0.4 is 5.32 Å². The van der Waals surface area contributed by atoms with E-state index in [4.69, 9.17) is 14.2 Å². The molecule has 0 aromatic heterocycles. The summed E-state index contributed by atoms with van der Waals surface area (Å²) in [5.41, 5.74) is 0. The van der Waals surface area contributed by atoms with Gasteiger partial charge in [0.05, 0.1) is 6.10 Å². The fourth-order valence-corrected chi connectivity index (χ4v) is 1.59. The number of carbonyl (C=O) groups excluding carboxylic acids is 1. The molecule has 5 nitrogen and oxygen atoms in total. The fourth-order valence-electron chi connectivity index (χ4n) is 1.59. The van der Waals surface area contributed by atoms with E-state index in [1.807, 2.05) is 0 Å². The Morgan fingerprint density at radius 1 is 1.47 bits per heavy atom. The van der Waals surface area contributed by atoms with Gasteiger partial charge in [0.2, 0.25) is 5.76 Å². The third-order valence-corrected chi connectivity index (χ3v) is 2.39. The highest BCUT2D eigenvalue weighted by atomic mass is 16.6. The van der Waals surface area contributed by atoms with Crippen LogP contribution in [0.3, 0.4) is 0 Å². The maximum Gasteiger partial charge on any atom is 0.289 e. The van der Waals surface area contributed by atoms with Crippen molar-refractivity contribution in [1.82, 2.24) is 5.32 Å². The first-order valence-corrected chi connectivity index (χ1v) is 5.20. The van der Waals surface area contributed by atoms with Crippen molar-refractivity contribution in [2.24, 2.45) is 0 Å². The number of carbonyl (C=O) groups is 1. The second-order valence-corrected chi connectivity index (χ2v) is 3.55. The SMILES string of the molecule is O=C(NC[C@@H]1CCCO1)C1=COCCO1. The molecule has 2 rings (SSSR count). The van der Waals surface area contributed by atoms with Gasteiger partial charge in [-0.25, -0.2) is 0 Å². The first-order valence-electron chi connectivity index (χ1n) is 5.20. The van der Waals surface area contributed by atoms with Crippen LogP contribution in [0.2, 0.25) is 0 Å². The second-order valence-electron chi connectivity index (χ2n) is 3.55. The van der Waals surface area contributed by atoms with E-state index in [0.717, 1.165) is 19.4 Å². The Hall–Kier alpha value is -1.23. The third kappa shape index (κ3) is 2.86. The van der Waals surface area contributed by atoms with Gasteiger partial charge < -0.3 is 19.5 Å². The van der Waals surface area contributed by atoms with Gasteiger partial charge in [-0.1, -0.05) is 0 Å². The molecule has 5 heteroatoms. The van der Waals surface area contributed by atoms with Gasteiger partial charge in [0.15, 0.2) is 0 Å². The van der Waals surface area contributed by atoms with E-state index in [1.54, 1.807) is 0 Å². The van der Waals surface area contributed by atoms with Crippen molar-refractivity contribution < 1.29 is 19.0 Å². The molecule has 0 aromatic carbocycles. The van der Waals surface area contributed by atoms with Crippen molar-refractivity contribution in [2.45, 2.75) is 18.9 Å². The minimum Gasteiger partial charge on any atom is -0.494 e. The molecule has 2 aliphatic heterocycles. The minimum atomic E-state index is -0.231. The minimum absolute atomic E-state index is 0.152. The molecule has 0 bridgehead atoms. The van der Waals surface area contributed by atoms with E-state index in [2.05, 4.69) is 5.32 Å². The van der Waals surface area contributed by atoms with Crippen LogP contribution in [0.25, 0.3) is 0 Å². The fraction of sp³-hybridized carbons (Fsp3) is 0.700. The molecule has 1 amide bonds. The molecule has 2 heterocycles. The number of amides is 1. The number of hydrogen-bond donors (Lipinski definition) is 1. The first kappa shape index (κ1) is 10.3. The maximum atomic E-state index is 11.5.